The summed E-state index contributed by atoms with van der Waals surface area (Å²) in [4.78, 5) is 11.7. The summed E-state index contributed by atoms with van der Waals surface area (Å²) in [6.45, 7) is 13.3. The molecule has 0 unspecified atom stereocenters. The first kappa shape index (κ1) is 15.4. The van der Waals surface area contributed by atoms with E-state index in [2.05, 4.69) is 52.2 Å². The Labute approximate surface area is 100 Å². The molecule has 0 spiro atoms. The second-order valence-corrected chi connectivity index (χ2v) is 6.11. The van der Waals surface area contributed by atoms with Crippen molar-refractivity contribution in [2.75, 3.05) is 6.54 Å². The molecule has 0 aromatic rings. The Balaban J connectivity index is 3.83. The molecule has 0 aromatic carbocycles. The Kier molecular flexibility index (Phi) is 6.01. The van der Waals surface area contributed by atoms with Crippen LogP contribution in [0, 0.1) is 0 Å². The summed E-state index contributed by atoms with van der Waals surface area (Å²) in [7, 11) is 0. The monoisotopic (exact) mass is 228 g/mol. The lowest BCUT2D eigenvalue weighted by Crippen LogP contribution is -2.45. The van der Waals surface area contributed by atoms with Crippen LogP contribution in [0.5, 0.6) is 0 Å². The van der Waals surface area contributed by atoms with Gasteiger partial charge in [-0.25, -0.2) is 0 Å². The zero-order chi connectivity index (χ0) is 12.8. The molecule has 0 heterocycles. The highest BCUT2D eigenvalue weighted by atomic mass is 16.1. The number of hydrogen-bond acceptors (Lipinski definition) is 2. The average molecular weight is 228 g/mol. The minimum Gasteiger partial charge on any atom is -0.351 e. The number of amides is 1. The Bertz CT molecular complexity index is 216. The third-order valence-corrected chi connectivity index (χ3v) is 2.36. The fourth-order valence-electron chi connectivity index (χ4n) is 1.68. The number of carbonyl (C=O) groups excluding carboxylic acids is 1. The summed E-state index contributed by atoms with van der Waals surface area (Å²) in [5, 5.41) is 6.37. The van der Waals surface area contributed by atoms with Gasteiger partial charge in [-0.2, -0.15) is 0 Å². The maximum absolute atomic E-state index is 11.7. The molecule has 0 aliphatic carbocycles. The van der Waals surface area contributed by atoms with Gasteiger partial charge in [0.2, 0.25) is 5.91 Å². The second kappa shape index (κ2) is 6.24. The molecule has 0 aliphatic heterocycles. The van der Waals surface area contributed by atoms with E-state index >= 15 is 0 Å². The van der Waals surface area contributed by atoms with Crippen LogP contribution >= 0.6 is 0 Å². The van der Waals surface area contributed by atoms with E-state index in [0.29, 0.717) is 6.42 Å². The van der Waals surface area contributed by atoms with Gasteiger partial charge in [0.1, 0.15) is 0 Å². The SMILES string of the molecule is CCCC(C)(C)NC(=O)CCNC(C)(C)C. The molecule has 0 fully saturated rings. The molecule has 1 amide bonds. The van der Waals surface area contributed by atoms with E-state index in [1.807, 2.05) is 0 Å². The average Bonchev–Trinajstić information content (AvgIpc) is 1.99. The quantitative estimate of drug-likeness (QED) is 0.733. The normalized spacial score (nSPS) is 12.6. The van der Waals surface area contributed by atoms with Crippen LogP contribution in [0.4, 0.5) is 0 Å². The largest absolute Gasteiger partial charge is 0.351 e. The third kappa shape index (κ3) is 8.72. The van der Waals surface area contributed by atoms with Crippen molar-refractivity contribution in [3.8, 4) is 0 Å². The molecule has 0 aliphatic rings. The lowest BCUT2D eigenvalue weighted by molar-refractivity contribution is -0.122. The van der Waals surface area contributed by atoms with Crippen molar-refractivity contribution in [1.29, 1.82) is 0 Å². The van der Waals surface area contributed by atoms with Crippen LogP contribution in [0.25, 0.3) is 0 Å². The predicted octanol–water partition coefficient (Wildman–Crippen LogP) is 2.46. The molecule has 3 nitrogen and oxygen atoms in total. The fraction of sp³-hybridized carbons (Fsp3) is 0.923. The minimum absolute atomic E-state index is 0.0758. The van der Waals surface area contributed by atoms with Gasteiger partial charge in [-0.3, -0.25) is 4.79 Å². The van der Waals surface area contributed by atoms with Crippen molar-refractivity contribution in [3.05, 3.63) is 0 Å². The summed E-state index contributed by atoms with van der Waals surface area (Å²) in [5.41, 5.74) is 0.00673. The van der Waals surface area contributed by atoms with Crippen LogP contribution in [0.15, 0.2) is 0 Å². The lowest BCUT2D eigenvalue weighted by atomic mass is 9.99. The first-order valence-corrected chi connectivity index (χ1v) is 6.22. The molecule has 0 saturated heterocycles. The Morgan fingerprint density at radius 3 is 2.12 bits per heavy atom. The van der Waals surface area contributed by atoms with E-state index in [0.717, 1.165) is 19.4 Å². The van der Waals surface area contributed by atoms with E-state index in [9.17, 15) is 4.79 Å². The topological polar surface area (TPSA) is 41.1 Å². The standard InChI is InChI=1S/C13H28N2O/c1-7-9-13(5,6)15-11(16)8-10-14-12(2,3)4/h14H,7-10H2,1-6H3,(H,15,16). The van der Waals surface area contributed by atoms with Crippen LogP contribution in [-0.4, -0.2) is 23.5 Å². The van der Waals surface area contributed by atoms with E-state index < -0.39 is 0 Å². The molecule has 0 saturated carbocycles. The van der Waals surface area contributed by atoms with Crippen LogP contribution in [0.2, 0.25) is 0 Å². The molecule has 0 atom stereocenters. The van der Waals surface area contributed by atoms with E-state index in [4.69, 9.17) is 0 Å². The minimum atomic E-state index is -0.0758. The molecule has 3 heteroatoms. The Hall–Kier alpha value is -0.570. The van der Waals surface area contributed by atoms with Crippen LogP contribution in [0.1, 0.15) is 60.8 Å². The predicted molar refractivity (Wildman–Crippen MR) is 69.5 cm³/mol. The highest BCUT2D eigenvalue weighted by molar-refractivity contribution is 5.76. The van der Waals surface area contributed by atoms with Crippen molar-refractivity contribution in [2.45, 2.75) is 71.9 Å². The van der Waals surface area contributed by atoms with Gasteiger partial charge in [-0.1, -0.05) is 13.3 Å². The van der Waals surface area contributed by atoms with Gasteiger partial charge in [0.15, 0.2) is 0 Å². The number of rotatable bonds is 6. The van der Waals surface area contributed by atoms with Crippen molar-refractivity contribution >= 4 is 5.91 Å². The molecule has 0 aromatic heterocycles. The number of nitrogens with one attached hydrogen (secondary N) is 2. The summed E-state index contributed by atoms with van der Waals surface area (Å²) < 4.78 is 0. The van der Waals surface area contributed by atoms with Gasteiger partial charge in [-0.15, -0.1) is 0 Å². The second-order valence-electron chi connectivity index (χ2n) is 6.11. The number of hydrogen-bond donors (Lipinski definition) is 2. The van der Waals surface area contributed by atoms with Gasteiger partial charge in [0.05, 0.1) is 0 Å². The van der Waals surface area contributed by atoms with Crippen molar-refractivity contribution < 1.29 is 4.79 Å². The van der Waals surface area contributed by atoms with Gasteiger partial charge in [-0.05, 0) is 41.0 Å². The maximum atomic E-state index is 11.7. The summed E-state index contributed by atoms with van der Waals surface area (Å²) in [6, 6.07) is 0. The highest BCUT2D eigenvalue weighted by Gasteiger charge is 2.19. The highest BCUT2D eigenvalue weighted by Crippen LogP contribution is 2.10. The smallest absolute Gasteiger partial charge is 0.221 e. The van der Waals surface area contributed by atoms with Gasteiger partial charge in [0, 0.05) is 24.0 Å². The van der Waals surface area contributed by atoms with Crippen molar-refractivity contribution in [2.24, 2.45) is 0 Å². The maximum Gasteiger partial charge on any atom is 0.221 e. The molecule has 0 rings (SSSR count). The first-order valence-electron chi connectivity index (χ1n) is 6.22. The van der Waals surface area contributed by atoms with Gasteiger partial charge >= 0.3 is 0 Å². The van der Waals surface area contributed by atoms with E-state index in [1.54, 1.807) is 0 Å². The van der Waals surface area contributed by atoms with Crippen LogP contribution in [-0.2, 0) is 4.79 Å². The third-order valence-electron chi connectivity index (χ3n) is 2.36. The molecular formula is C13H28N2O. The molecule has 96 valence electrons. The summed E-state index contributed by atoms with van der Waals surface area (Å²) in [5.74, 6) is 0.134. The Morgan fingerprint density at radius 1 is 1.12 bits per heavy atom. The molecule has 0 bridgehead atoms. The van der Waals surface area contributed by atoms with Gasteiger partial charge in [0.25, 0.3) is 0 Å². The Morgan fingerprint density at radius 2 is 1.69 bits per heavy atom. The van der Waals surface area contributed by atoms with Crippen LogP contribution in [0.3, 0.4) is 0 Å². The van der Waals surface area contributed by atoms with E-state index in [-0.39, 0.29) is 17.0 Å². The first-order chi connectivity index (χ1) is 7.16. The van der Waals surface area contributed by atoms with Crippen LogP contribution < -0.4 is 10.6 Å². The van der Waals surface area contributed by atoms with Crippen molar-refractivity contribution in [3.63, 3.8) is 0 Å². The fourth-order valence-corrected chi connectivity index (χ4v) is 1.68. The molecule has 0 radical (unpaired) electrons. The number of carbonyl (C=O) groups is 1. The molecule has 16 heavy (non-hydrogen) atoms. The molecular weight excluding hydrogens is 200 g/mol. The molecule has 2 N–H and O–H groups in total. The summed E-state index contributed by atoms with van der Waals surface area (Å²) in [6.07, 6.45) is 2.66. The summed E-state index contributed by atoms with van der Waals surface area (Å²) >= 11 is 0. The van der Waals surface area contributed by atoms with Crippen molar-refractivity contribution in [1.82, 2.24) is 10.6 Å². The van der Waals surface area contributed by atoms with E-state index in [1.165, 1.54) is 0 Å². The lowest BCUT2D eigenvalue weighted by Gasteiger charge is -2.26. The zero-order valence-electron chi connectivity index (χ0n) is 11.7. The van der Waals surface area contributed by atoms with Gasteiger partial charge < -0.3 is 10.6 Å². The zero-order valence-corrected chi connectivity index (χ0v) is 11.7.